The Labute approximate surface area is 122 Å². The molecule has 0 aliphatic carbocycles. The van der Waals surface area contributed by atoms with Crippen LogP contribution >= 0.6 is 0 Å². The van der Waals surface area contributed by atoms with Crippen LogP contribution in [0.3, 0.4) is 0 Å². The van der Waals surface area contributed by atoms with E-state index in [2.05, 4.69) is 25.0 Å². The molecule has 0 spiro atoms. The second-order valence-corrected chi connectivity index (χ2v) is 5.14. The van der Waals surface area contributed by atoms with Crippen molar-refractivity contribution < 1.29 is 5.21 Å². The van der Waals surface area contributed by atoms with Crippen molar-refractivity contribution in [1.82, 2.24) is 19.5 Å². The Kier molecular flexibility index (Phi) is 3.61. The fraction of sp³-hybridized carbons (Fsp3) is 0.462. The van der Waals surface area contributed by atoms with Crippen LogP contribution in [0.1, 0.15) is 6.92 Å². The van der Waals surface area contributed by atoms with Crippen molar-refractivity contribution >= 4 is 17.3 Å². The smallest absolute Gasteiger partial charge is 0.157 e. The molecule has 2 aromatic rings. The SMILES string of the molecule is CC(/C(N)=N/O)N1CCN(c2ccn3nccc3n2)CC1. The summed E-state index contributed by atoms with van der Waals surface area (Å²) in [6, 6.07) is 3.81. The van der Waals surface area contributed by atoms with Crippen LogP contribution in [-0.2, 0) is 0 Å². The van der Waals surface area contributed by atoms with Gasteiger partial charge in [-0.3, -0.25) is 4.90 Å². The van der Waals surface area contributed by atoms with E-state index in [9.17, 15) is 0 Å². The molecule has 3 rings (SSSR count). The summed E-state index contributed by atoms with van der Waals surface area (Å²) < 4.78 is 1.75. The molecule has 112 valence electrons. The molecule has 1 aliphatic rings. The van der Waals surface area contributed by atoms with Crippen LogP contribution in [-0.4, -0.2) is 62.8 Å². The quantitative estimate of drug-likeness (QED) is 0.357. The Hall–Kier alpha value is -2.35. The Morgan fingerprint density at radius 1 is 1.33 bits per heavy atom. The second kappa shape index (κ2) is 5.57. The fourth-order valence-electron chi connectivity index (χ4n) is 2.59. The number of hydrogen-bond acceptors (Lipinski definition) is 6. The maximum absolute atomic E-state index is 8.75. The Morgan fingerprint density at radius 2 is 2.10 bits per heavy atom. The van der Waals surface area contributed by atoms with Crippen molar-refractivity contribution in [1.29, 1.82) is 0 Å². The van der Waals surface area contributed by atoms with E-state index in [4.69, 9.17) is 10.9 Å². The van der Waals surface area contributed by atoms with Gasteiger partial charge in [0.25, 0.3) is 0 Å². The van der Waals surface area contributed by atoms with Gasteiger partial charge in [-0.05, 0) is 13.0 Å². The molecular weight excluding hydrogens is 270 g/mol. The van der Waals surface area contributed by atoms with Crippen molar-refractivity contribution in [3.8, 4) is 0 Å². The highest BCUT2D eigenvalue weighted by Gasteiger charge is 2.24. The van der Waals surface area contributed by atoms with Crippen LogP contribution < -0.4 is 10.6 Å². The van der Waals surface area contributed by atoms with Crippen LogP contribution in [0.25, 0.3) is 5.65 Å². The summed E-state index contributed by atoms with van der Waals surface area (Å²) in [5.74, 6) is 1.21. The Bertz CT molecular complexity index is 645. The lowest BCUT2D eigenvalue weighted by molar-refractivity contribution is 0.230. The van der Waals surface area contributed by atoms with Crippen LogP contribution in [0.2, 0.25) is 0 Å². The highest BCUT2D eigenvalue weighted by molar-refractivity contribution is 5.84. The molecule has 0 amide bonds. The summed E-state index contributed by atoms with van der Waals surface area (Å²) in [6.45, 7) is 5.37. The van der Waals surface area contributed by atoms with Crippen molar-refractivity contribution in [2.75, 3.05) is 31.1 Å². The fourth-order valence-corrected chi connectivity index (χ4v) is 2.59. The van der Waals surface area contributed by atoms with Crippen molar-refractivity contribution in [3.63, 3.8) is 0 Å². The zero-order valence-corrected chi connectivity index (χ0v) is 11.9. The summed E-state index contributed by atoms with van der Waals surface area (Å²) in [4.78, 5) is 9.04. The molecule has 1 fully saturated rings. The number of piperazine rings is 1. The van der Waals surface area contributed by atoms with Gasteiger partial charge in [0.1, 0.15) is 5.82 Å². The van der Waals surface area contributed by atoms with E-state index in [0.29, 0.717) is 0 Å². The minimum absolute atomic E-state index is 0.0533. The number of nitrogens with two attached hydrogens (primary N) is 1. The van der Waals surface area contributed by atoms with Gasteiger partial charge in [-0.2, -0.15) is 5.10 Å². The maximum atomic E-state index is 8.75. The summed E-state index contributed by atoms with van der Waals surface area (Å²) in [6.07, 6.45) is 3.66. The molecule has 1 unspecified atom stereocenters. The number of anilines is 1. The first-order valence-electron chi connectivity index (χ1n) is 6.96. The first-order valence-corrected chi connectivity index (χ1v) is 6.96. The average Bonchev–Trinajstić information content (AvgIpc) is 3.01. The van der Waals surface area contributed by atoms with E-state index < -0.39 is 0 Å². The van der Waals surface area contributed by atoms with Gasteiger partial charge in [0.2, 0.25) is 0 Å². The second-order valence-electron chi connectivity index (χ2n) is 5.14. The maximum Gasteiger partial charge on any atom is 0.157 e. The zero-order valence-electron chi connectivity index (χ0n) is 11.9. The van der Waals surface area contributed by atoms with Crippen LogP contribution in [0.5, 0.6) is 0 Å². The number of rotatable bonds is 3. The van der Waals surface area contributed by atoms with Gasteiger partial charge in [0.15, 0.2) is 11.5 Å². The van der Waals surface area contributed by atoms with E-state index in [0.717, 1.165) is 37.6 Å². The monoisotopic (exact) mass is 289 g/mol. The molecule has 0 aromatic carbocycles. The molecule has 3 heterocycles. The number of fused-ring (bicyclic) bond motifs is 1. The van der Waals surface area contributed by atoms with Gasteiger partial charge < -0.3 is 15.8 Å². The first-order chi connectivity index (χ1) is 10.2. The number of aromatic nitrogens is 3. The van der Waals surface area contributed by atoms with E-state index in [-0.39, 0.29) is 11.9 Å². The van der Waals surface area contributed by atoms with Crippen molar-refractivity contribution in [2.45, 2.75) is 13.0 Å². The van der Waals surface area contributed by atoms with Gasteiger partial charge in [0, 0.05) is 38.4 Å². The lowest BCUT2D eigenvalue weighted by Crippen LogP contribution is -2.53. The summed E-state index contributed by atoms with van der Waals surface area (Å²) in [7, 11) is 0. The van der Waals surface area contributed by atoms with Crippen LogP contribution in [0, 0.1) is 0 Å². The van der Waals surface area contributed by atoms with Crippen LogP contribution in [0.15, 0.2) is 29.7 Å². The predicted octanol–water partition coefficient (Wildman–Crippen LogP) is -0.0138. The third-order valence-corrected chi connectivity index (χ3v) is 3.97. The first kappa shape index (κ1) is 13.6. The molecule has 0 radical (unpaired) electrons. The minimum atomic E-state index is -0.0533. The average molecular weight is 289 g/mol. The van der Waals surface area contributed by atoms with E-state index >= 15 is 0 Å². The van der Waals surface area contributed by atoms with Gasteiger partial charge in [-0.25, -0.2) is 9.50 Å². The summed E-state index contributed by atoms with van der Waals surface area (Å²) in [5, 5.41) is 16.0. The normalized spacial score (nSPS) is 19.1. The molecule has 8 heteroatoms. The molecule has 3 N–H and O–H groups in total. The predicted molar refractivity (Wildman–Crippen MR) is 79.6 cm³/mol. The molecule has 8 nitrogen and oxygen atoms in total. The van der Waals surface area contributed by atoms with E-state index in [1.165, 1.54) is 0 Å². The molecule has 0 saturated carbocycles. The van der Waals surface area contributed by atoms with Gasteiger partial charge in [0.05, 0.1) is 12.2 Å². The lowest BCUT2D eigenvalue weighted by Gasteiger charge is -2.38. The molecular formula is C13H19N7O. The topological polar surface area (TPSA) is 95.3 Å². The number of oxime groups is 1. The molecule has 1 saturated heterocycles. The zero-order chi connectivity index (χ0) is 14.8. The van der Waals surface area contributed by atoms with E-state index in [1.54, 1.807) is 10.7 Å². The van der Waals surface area contributed by atoms with E-state index in [1.807, 2.05) is 25.3 Å². The lowest BCUT2D eigenvalue weighted by atomic mass is 10.2. The third kappa shape index (κ3) is 2.62. The molecule has 1 aliphatic heterocycles. The number of nitrogens with zero attached hydrogens (tertiary/aromatic N) is 6. The van der Waals surface area contributed by atoms with Gasteiger partial charge >= 0.3 is 0 Å². The number of hydrogen-bond donors (Lipinski definition) is 2. The van der Waals surface area contributed by atoms with Gasteiger partial charge in [-0.1, -0.05) is 5.16 Å². The highest BCUT2D eigenvalue weighted by Crippen LogP contribution is 2.15. The minimum Gasteiger partial charge on any atom is -0.409 e. The Balaban J connectivity index is 1.67. The van der Waals surface area contributed by atoms with Crippen molar-refractivity contribution in [3.05, 3.63) is 24.5 Å². The summed E-state index contributed by atoms with van der Waals surface area (Å²) in [5.41, 5.74) is 6.51. The molecule has 2 aromatic heterocycles. The molecule has 1 atom stereocenters. The standard InChI is InChI=1S/C13H19N7O/c1-10(13(14)17-21)18-6-8-19(9-7-18)11-3-5-20-12(16-11)2-4-15-20/h2-5,10,21H,6-9H2,1H3,(H2,14,17). The van der Waals surface area contributed by atoms with Crippen molar-refractivity contribution in [2.24, 2.45) is 10.9 Å². The summed E-state index contributed by atoms with van der Waals surface area (Å²) >= 11 is 0. The Morgan fingerprint density at radius 3 is 2.81 bits per heavy atom. The van der Waals surface area contributed by atoms with Crippen LogP contribution in [0.4, 0.5) is 5.82 Å². The molecule has 21 heavy (non-hydrogen) atoms. The number of amidine groups is 1. The third-order valence-electron chi connectivity index (χ3n) is 3.97. The van der Waals surface area contributed by atoms with Gasteiger partial charge in [-0.15, -0.1) is 0 Å². The largest absolute Gasteiger partial charge is 0.409 e. The molecule has 0 bridgehead atoms. The highest BCUT2D eigenvalue weighted by atomic mass is 16.4.